The second kappa shape index (κ2) is 2.76. The van der Waals surface area contributed by atoms with Gasteiger partial charge in [0.1, 0.15) is 17.7 Å². The zero-order valence-electron chi connectivity index (χ0n) is 6.86. The summed E-state index contributed by atoms with van der Waals surface area (Å²) in [4.78, 5) is 2.84. The quantitative estimate of drug-likeness (QED) is 0.488. The second-order valence-electron chi connectivity index (χ2n) is 2.88. The fourth-order valence-corrected chi connectivity index (χ4v) is 1.36. The molecule has 1 unspecified atom stereocenters. The Morgan fingerprint density at radius 2 is 2.00 bits per heavy atom. The van der Waals surface area contributed by atoms with Gasteiger partial charge in [-0.05, 0) is 12.1 Å². The molecule has 0 aliphatic rings. The molecule has 4 nitrogen and oxygen atoms in total. The molecule has 0 spiro atoms. The number of aromatic amines is 1. The number of hydrogen-bond donors (Lipinski definition) is 4. The van der Waals surface area contributed by atoms with E-state index in [1.807, 2.05) is 12.1 Å². The lowest BCUT2D eigenvalue weighted by atomic mass is 10.2. The fourth-order valence-electron chi connectivity index (χ4n) is 1.36. The number of aliphatic hydroxyl groups is 1. The van der Waals surface area contributed by atoms with Gasteiger partial charge in [0.05, 0.1) is 0 Å². The minimum absolute atomic E-state index is 0.0191. The van der Waals surface area contributed by atoms with Crippen molar-refractivity contribution in [1.29, 1.82) is 0 Å². The van der Waals surface area contributed by atoms with Gasteiger partial charge in [-0.15, -0.1) is 0 Å². The molecule has 0 aliphatic carbocycles. The number of aliphatic hydroxyl groups excluding tert-OH is 1. The number of nitrogens with one attached hydrogen (secondary N) is 1. The molecule has 2 rings (SSSR count). The number of aromatic nitrogens is 1. The smallest absolute Gasteiger partial charge is 0.148 e. The van der Waals surface area contributed by atoms with Crippen molar-refractivity contribution in [3.05, 3.63) is 30.0 Å². The van der Waals surface area contributed by atoms with Crippen LogP contribution in [0.25, 0.3) is 10.9 Å². The van der Waals surface area contributed by atoms with Crippen molar-refractivity contribution in [1.82, 2.24) is 4.98 Å². The van der Waals surface area contributed by atoms with Crippen LogP contribution in [0.1, 0.15) is 11.9 Å². The summed E-state index contributed by atoms with van der Waals surface area (Å²) >= 11 is 0. The van der Waals surface area contributed by atoms with Crippen molar-refractivity contribution in [2.45, 2.75) is 6.23 Å². The third-order valence-corrected chi connectivity index (χ3v) is 2.00. The first-order valence-electron chi connectivity index (χ1n) is 3.93. The molecule has 0 aliphatic heterocycles. The highest BCUT2D eigenvalue weighted by Gasteiger charge is 2.13. The number of hydrogen-bond acceptors (Lipinski definition) is 3. The van der Waals surface area contributed by atoms with Gasteiger partial charge < -0.3 is 20.9 Å². The van der Waals surface area contributed by atoms with Gasteiger partial charge in [-0.1, -0.05) is 12.1 Å². The molecular formula is C9H10N2O2. The largest absolute Gasteiger partial charge is 0.505 e. The summed E-state index contributed by atoms with van der Waals surface area (Å²) in [6.07, 6.45) is -1.17. The summed E-state index contributed by atoms with van der Waals surface area (Å²) in [5.74, 6) is 0.0191. The SMILES string of the molecule is NC(O)c1[nH]c2ccccc2c1O. The van der Waals surface area contributed by atoms with E-state index in [9.17, 15) is 5.11 Å². The van der Waals surface area contributed by atoms with E-state index in [4.69, 9.17) is 10.8 Å². The first-order chi connectivity index (χ1) is 6.20. The van der Waals surface area contributed by atoms with Gasteiger partial charge >= 0.3 is 0 Å². The lowest BCUT2D eigenvalue weighted by Gasteiger charge is -2.00. The van der Waals surface area contributed by atoms with E-state index in [1.165, 1.54) is 0 Å². The van der Waals surface area contributed by atoms with Gasteiger partial charge in [0, 0.05) is 10.9 Å². The van der Waals surface area contributed by atoms with Crippen molar-refractivity contribution in [3.8, 4) is 5.75 Å². The molecule has 1 atom stereocenters. The lowest BCUT2D eigenvalue weighted by Crippen LogP contribution is -2.08. The maximum atomic E-state index is 9.59. The summed E-state index contributed by atoms with van der Waals surface area (Å²) in [7, 11) is 0. The molecule has 5 N–H and O–H groups in total. The number of para-hydroxylation sites is 1. The molecule has 0 saturated heterocycles. The Morgan fingerprint density at radius 3 is 2.62 bits per heavy atom. The van der Waals surface area contributed by atoms with Crippen LogP contribution in [0.4, 0.5) is 0 Å². The van der Waals surface area contributed by atoms with Crippen LogP contribution >= 0.6 is 0 Å². The van der Waals surface area contributed by atoms with Crippen molar-refractivity contribution in [3.63, 3.8) is 0 Å². The van der Waals surface area contributed by atoms with Crippen LogP contribution in [0.3, 0.4) is 0 Å². The van der Waals surface area contributed by atoms with Gasteiger partial charge in [-0.3, -0.25) is 0 Å². The van der Waals surface area contributed by atoms with Crippen LogP contribution in [0.15, 0.2) is 24.3 Å². The average molecular weight is 178 g/mol. The molecule has 0 saturated carbocycles. The van der Waals surface area contributed by atoms with Crippen molar-refractivity contribution in [2.75, 3.05) is 0 Å². The highest BCUT2D eigenvalue weighted by molar-refractivity contribution is 5.87. The number of nitrogens with two attached hydrogens (primary N) is 1. The monoisotopic (exact) mass is 178 g/mol. The molecule has 1 heterocycles. The predicted octanol–water partition coefficient (Wildman–Crippen LogP) is 0.823. The molecular weight excluding hydrogens is 168 g/mol. The maximum Gasteiger partial charge on any atom is 0.148 e. The molecule has 0 amide bonds. The van der Waals surface area contributed by atoms with Crippen molar-refractivity contribution < 1.29 is 10.2 Å². The third-order valence-electron chi connectivity index (χ3n) is 2.00. The van der Waals surface area contributed by atoms with Crippen LogP contribution in [-0.4, -0.2) is 15.2 Å². The van der Waals surface area contributed by atoms with E-state index in [0.717, 1.165) is 5.52 Å². The van der Waals surface area contributed by atoms with Crippen LogP contribution in [0.2, 0.25) is 0 Å². The standard InChI is InChI=1S/C9H10N2O2/c10-9(13)7-8(12)5-3-1-2-4-6(5)11-7/h1-4,9,11-13H,10H2. The predicted molar refractivity (Wildman–Crippen MR) is 49.1 cm³/mol. The topological polar surface area (TPSA) is 82.3 Å². The molecule has 0 bridgehead atoms. The average Bonchev–Trinajstić information content (AvgIpc) is 2.45. The Morgan fingerprint density at radius 1 is 1.31 bits per heavy atom. The van der Waals surface area contributed by atoms with Crippen molar-refractivity contribution >= 4 is 10.9 Å². The van der Waals surface area contributed by atoms with Gasteiger partial charge in [0.2, 0.25) is 0 Å². The summed E-state index contributed by atoms with van der Waals surface area (Å²) in [5, 5.41) is 19.3. The lowest BCUT2D eigenvalue weighted by molar-refractivity contribution is 0.178. The molecule has 0 fully saturated rings. The van der Waals surface area contributed by atoms with Gasteiger partial charge in [0.25, 0.3) is 0 Å². The van der Waals surface area contributed by atoms with E-state index >= 15 is 0 Å². The van der Waals surface area contributed by atoms with E-state index in [2.05, 4.69) is 4.98 Å². The van der Waals surface area contributed by atoms with E-state index in [1.54, 1.807) is 12.1 Å². The Balaban J connectivity index is 2.74. The molecule has 4 heteroatoms. The van der Waals surface area contributed by atoms with E-state index in [-0.39, 0.29) is 11.4 Å². The number of H-pyrrole nitrogens is 1. The number of aromatic hydroxyl groups is 1. The zero-order valence-corrected chi connectivity index (χ0v) is 6.86. The Labute approximate surface area is 74.6 Å². The van der Waals surface area contributed by atoms with Gasteiger partial charge in [-0.2, -0.15) is 0 Å². The van der Waals surface area contributed by atoms with E-state index in [0.29, 0.717) is 5.39 Å². The Hall–Kier alpha value is -1.52. The van der Waals surface area contributed by atoms with Crippen LogP contribution in [0, 0.1) is 0 Å². The fraction of sp³-hybridized carbons (Fsp3) is 0.111. The molecule has 1 aromatic carbocycles. The Bertz CT molecular complexity index is 434. The molecule has 2 aromatic rings. The van der Waals surface area contributed by atoms with Crippen molar-refractivity contribution in [2.24, 2.45) is 5.73 Å². The summed E-state index contributed by atoms with van der Waals surface area (Å²) in [5.41, 5.74) is 6.26. The van der Waals surface area contributed by atoms with Crippen LogP contribution < -0.4 is 5.73 Å². The first-order valence-corrected chi connectivity index (χ1v) is 3.93. The van der Waals surface area contributed by atoms with Gasteiger partial charge in [0.15, 0.2) is 0 Å². The van der Waals surface area contributed by atoms with Crippen LogP contribution in [-0.2, 0) is 0 Å². The summed E-state index contributed by atoms with van der Waals surface area (Å²) in [6.45, 7) is 0. The highest BCUT2D eigenvalue weighted by atomic mass is 16.3. The highest BCUT2D eigenvalue weighted by Crippen LogP contribution is 2.30. The number of fused-ring (bicyclic) bond motifs is 1. The molecule has 13 heavy (non-hydrogen) atoms. The first kappa shape index (κ1) is 8.10. The number of rotatable bonds is 1. The summed E-state index contributed by atoms with van der Waals surface area (Å²) in [6, 6.07) is 7.21. The van der Waals surface area contributed by atoms with Gasteiger partial charge in [-0.25, -0.2) is 0 Å². The normalized spacial score (nSPS) is 13.4. The molecule has 0 radical (unpaired) electrons. The van der Waals surface area contributed by atoms with Crippen LogP contribution in [0.5, 0.6) is 5.75 Å². The molecule has 68 valence electrons. The minimum atomic E-state index is -1.17. The maximum absolute atomic E-state index is 9.59. The third kappa shape index (κ3) is 1.16. The second-order valence-corrected chi connectivity index (χ2v) is 2.88. The molecule has 1 aromatic heterocycles. The van der Waals surface area contributed by atoms with E-state index < -0.39 is 6.23 Å². The number of benzene rings is 1. The summed E-state index contributed by atoms with van der Waals surface area (Å²) < 4.78 is 0. The zero-order chi connectivity index (χ0) is 9.42. The minimum Gasteiger partial charge on any atom is -0.505 e. The Kier molecular flexibility index (Phi) is 1.72.